The van der Waals surface area contributed by atoms with Crippen molar-refractivity contribution in [2.45, 2.75) is 26.4 Å². The minimum absolute atomic E-state index is 0.194. The van der Waals surface area contributed by atoms with E-state index in [1.54, 1.807) is 6.20 Å². The van der Waals surface area contributed by atoms with E-state index >= 15 is 0 Å². The first kappa shape index (κ1) is 13.1. The van der Waals surface area contributed by atoms with Gasteiger partial charge < -0.3 is 15.8 Å². The van der Waals surface area contributed by atoms with Crippen molar-refractivity contribution in [2.75, 3.05) is 11.1 Å². The average molecular weight is 258 g/mol. The summed E-state index contributed by atoms with van der Waals surface area (Å²) in [4.78, 5) is 7.95. The topological polar surface area (TPSA) is 73.1 Å². The molecule has 1 heterocycles. The highest BCUT2D eigenvalue weighted by Gasteiger charge is 2.04. The molecule has 0 spiro atoms. The third-order valence-corrected chi connectivity index (χ3v) is 2.75. The van der Waals surface area contributed by atoms with Gasteiger partial charge in [0.25, 0.3) is 0 Å². The maximum absolute atomic E-state index is 5.79. The van der Waals surface area contributed by atoms with Crippen molar-refractivity contribution >= 4 is 17.2 Å². The molecule has 0 saturated carbocycles. The minimum Gasteiger partial charge on any atom is -0.491 e. The summed E-state index contributed by atoms with van der Waals surface area (Å²) in [5.74, 6) is 1.42. The zero-order valence-electron chi connectivity index (χ0n) is 11.1. The van der Waals surface area contributed by atoms with Crippen LogP contribution in [-0.4, -0.2) is 16.1 Å². The Labute approximate surface area is 112 Å². The lowest BCUT2D eigenvalue weighted by atomic mass is 10.2. The molecule has 1 atom stereocenters. The lowest BCUT2D eigenvalue weighted by Crippen LogP contribution is -2.09. The molecule has 0 fully saturated rings. The summed E-state index contributed by atoms with van der Waals surface area (Å²) in [5, 5.41) is 3.15. The Balaban J connectivity index is 2.13. The van der Waals surface area contributed by atoms with Crippen molar-refractivity contribution in [3.05, 3.63) is 36.8 Å². The van der Waals surface area contributed by atoms with Crippen molar-refractivity contribution in [3.8, 4) is 5.75 Å². The number of hydrogen-bond donors (Lipinski definition) is 2. The molecule has 0 aliphatic rings. The first-order valence-electron chi connectivity index (χ1n) is 6.28. The van der Waals surface area contributed by atoms with Gasteiger partial charge in [-0.05, 0) is 25.5 Å². The van der Waals surface area contributed by atoms with E-state index in [-0.39, 0.29) is 6.10 Å². The molecule has 5 nitrogen and oxygen atoms in total. The van der Waals surface area contributed by atoms with Crippen molar-refractivity contribution in [1.82, 2.24) is 9.97 Å². The molecule has 0 saturated heterocycles. The number of nitrogen functional groups attached to an aromatic ring is 1. The lowest BCUT2D eigenvalue weighted by molar-refractivity contribution is 0.217. The Kier molecular flexibility index (Phi) is 4.18. The largest absolute Gasteiger partial charge is 0.491 e. The molecule has 3 N–H and O–H groups in total. The zero-order valence-corrected chi connectivity index (χ0v) is 11.1. The number of nitrogens with two attached hydrogens (primary N) is 1. The molecule has 0 radical (unpaired) electrons. The average Bonchev–Trinajstić information content (AvgIpc) is 2.42. The molecular weight excluding hydrogens is 240 g/mol. The first-order valence-corrected chi connectivity index (χ1v) is 6.28. The second-order valence-electron chi connectivity index (χ2n) is 4.32. The molecule has 0 amide bonds. The molecular formula is C14H18N4O. The third kappa shape index (κ3) is 3.58. The van der Waals surface area contributed by atoms with E-state index in [0.717, 1.165) is 17.9 Å². The fourth-order valence-corrected chi connectivity index (χ4v) is 1.54. The number of aromatic nitrogens is 2. The van der Waals surface area contributed by atoms with Gasteiger partial charge in [-0.1, -0.05) is 13.0 Å². The highest BCUT2D eigenvalue weighted by atomic mass is 16.5. The monoisotopic (exact) mass is 258 g/mol. The van der Waals surface area contributed by atoms with Gasteiger partial charge in [-0.2, -0.15) is 0 Å². The fraction of sp³-hybridized carbons (Fsp3) is 0.286. The summed E-state index contributed by atoms with van der Waals surface area (Å²) in [5.41, 5.74) is 7.18. The standard InChI is InChI=1S/C14H18N4O/c1-3-10(2)19-12-6-4-5-11(7-12)18-14-13(15)8-16-9-17-14/h4-10H,3,15H2,1-2H3,(H,16,17,18). The molecule has 0 aliphatic carbocycles. The molecule has 1 unspecified atom stereocenters. The number of hydrogen-bond acceptors (Lipinski definition) is 5. The van der Waals surface area contributed by atoms with Crippen LogP contribution in [0.25, 0.3) is 0 Å². The molecule has 100 valence electrons. The van der Waals surface area contributed by atoms with Gasteiger partial charge in [0, 0.05) is 11.8 Å². The van der Waals surface area contributed by atoms with Gasteiger partial charge in [0.15, 0.2) is 5.82 Å². The van der Waals surface area contributed by atoms with Gasteiger partial charge in [-0.3, -0.25) is 0 Å². The van der Waals surface area contributed by atoms with Gasteiger partial charge in [0.05, 0.1) is 18.0 Å². The van der Waals surface area contributed by atoms with Crippen molar-refractivity contribution in [1.29, 1.82) is 0 Å². The van der Waals surface area contributed by atoms with Crippen molar-refractivity contribution < 1.29 is 4.74 Å². The molecule has 1 aromatic heterocycles. The van der Waals surface area contributed by atoms with E-state index < -0.39 is 0 Å². The molecule has 0 aliphatic heterocycles. The van der Waals surface area contributed by atoms with Crippen molar-refractivity contribution in [3.63, 3.8) is 0 Å². The molecule has 1 aromatic carbocycles. The summed E-state index contributed by atoms with van der Waals surface area (Å²) in [6.07, 6.45) is 4.18. The fourth-order valence-electron chi connectivity index (χ4n) is 1.54. The van der Waals surface area contributed by atoms with Gasteiger partial charge in [0.1, 0.15) is 12.1 Å². The van der Waals surface area contributed by atoms with Crippen LogP contribution in [0, 0.1) is 0 Å². The van der Waals surface area contributed by atoms with Gasteiger partial charge in [-0.15, -0.1) is 0 Å². The first-order chi connectivity index (χ1) is 9.19. The Morgan fingerprint density at radius 1 is 1.42 bits per heavy atom. The van der Waals surface area contributed by atoms with Crippen LogP contribution in [0.2, 0.25) is 0 Å². The SMILES string of the molecule is CCC(C)Oc1cccc(Nc2ncncc2N)c1. The maximum atomic E-state index is 5.79. The Morgan fingerprint density at radius 2 is 2.26 bits per heavy atom. The number of benzene rings is 1. The summed E-state index contributed by atoms with van der Waals surface area (Å²) >= 11 is 0. The number of ether oxygens (including phenoxy) is 1. The van der Waals surface area contributed by atoms with Gasteiger partial charge in [-0.25, -0.2) is 9.97 Å². The van der Waals surface area contributed by atoms with E-state index in [1.807, 2.05) is 31.2 Å². The molecule has 0 bridgehead atoms. The maximum Gasteiger partial charge on any atom is 0.157 e. The van der Waals surface area contributed by atoms with Crippen molar-refractivity contribution in [2.24, 2.45) is 0 Å². The quantitative estimate of drug-likeness (QED) is 0.862. The Hall–Kier alpha value is -2.30. The second kappa shape index (κ2) is 6.04. The van der Waals surface area contributed by atoms with Crippen LogP contribution in [0.1, 0.15) is 20.3 Å². The van der Waals surface area contributed by atoms with Crippen LogP contribution in [0.15, 0.2) is 36.8 Å². The van der Waals surface area contributed by atoms with Crippen LogP contribution in [0.5, 0.6) is 5.75 Å². The number of nitrogens with one attached hydrogen (secondary N) is 1. The lowest BCUT2D eigenvalue weighted by Gasteiger charge is -2.14. The summed E-state index contributed by atoms with van der Waals surface area (Å²) in [6, 6.07) is 7.72. The Bertz CT molecular complexity index is 544. The van der Waals surface area contributed by atoms with Crippen LogP contribution < -0.4 is 15.8 Å². The number of rotatable bonds is 5. The van der Waals surface area contributed by atoms with Crippen LogP contribution in [-0.2, 0) is 0 Å². The smallest absolute Gasteiger partial charge is 0.157 e. The second-order valence-corrected chi connectivity index (χ2v) is 4.32. The van der Waals surface area contributed by atoms with E-state index in [4.69, 9.17) is 10.5 Å². The highest BCUT2D eigenvalue weighted by molar-refractivity contribution is 5.68. The number of anilines is 3. The summed E-state index contributed by atoms with van der Waals surface area (Å²) < 4.78 is 5.77. The summed E-state index contributed by atoms with van der Waals surface area (Å²) in [6.45, 7) is 4.14. The van der Waals surface area contributed by atoms with Gasteiger partial charge >= 0.3 is 0 Å². The van der Waals surface area contributed by atoms with Crippen LogP contribution in [0.3, 0.4) is 0 Å². The van der Waals surface area contributed by atoms with Crippen LogP contribution >= 0.6 is 0 Å². The van der Waals surface area contributed by atoms with E-state index in [1.165, 1.54) is 6.33 Å². The number of nitrogens with zero attached hydrogens (tertiary/aromatic N) is 2. The van der Waals surface area contributed by atoms with E-state index in [9.17, 15) is 0 Å². The van der Waals surface area contributed by atoms with Crippen LogP contribution in [0.4, 0.5) is 17.2 Å². The predicted molar refractivity (Wildman–Crippen MR) is 76.6 cm³/mol. The molecule has 2 rings (SSSR count). The molecule has 5 heteroatoms. The minimum atomic E-state index is 0.194. The highest BCUT2D eigenvalue weighted by Crippen LogP contribution is 2.23. The summed E-state index contributed by atoms with van der Waals surface area (Å²) in [7, 11) is 0. The molecule has 2 aromatic rings. The Morgan fingerprint density at radius 3 is 3.00 bits per heavy atom. The predicted octanol–water partition coefficient (Wildman–Crippen LogP) is 2.98. The third-order valence-electron chi connectivity index (χ3n) is 2.75. The van der Waals surface area contributed by atoms with E-state index in [0.29, 0.717) is 11.5 Å². The van der Waals surface area contributed by atoms with Gasteiger partial charge in [0.2, 0.25) is 0 Å². The zero-order chi connectivity index (χ0) is 13.7. The van der Waals surface area contributed by atoms with E-state index in [2.05, 4.69) is 22.2 Å². The molecule has 19 heavy (non-hydrogen) atoms. The normalized spacial score (nSPS) is 11.9.